The number of H-pyrrole nitrogens is 1. The summed E-state index contributed by atoms with van der Waals surface area (Å²) in [5.74, 6) is 0. The zero-order valence-electron chi connectivity index (χ0n) is 8.72. The summed E-state index contributed by atoms with van der Waals surface area (Å²) >= 11 is 5.78. The fourth-order valence-electron chi connectivity index (χ4n) is 1.50. The van der Waals surface area contributed by atoms with Gasteiger partial charge in [0.15, 0.2) is 5.69 Å². The van der Waals surface area contributed by atoms with E-state index in [1.54, 1.807) is 0 Å². The SMILES string of the molecule is N#Cc1ccc(-c2c[nH]nc2C(F)(F)F)cc1Cl. The molecule has 0 spiro atoms. The van der Waals surface area contributed by atoms with Crippen molar-refractivity contribution in [2.45, 2.75) is 6.18 Å². The molecule has 0 bridgehead atoms. The minimum atomic E-state index is -4.55. The third-order valence-corrected chi connectivity index (χ3v) is 2.62. The van der Waals surface area contributed by atoms with Crippen LogP contribution in [0.2, 0.25) is 5.02 Å². The van der Waals surface area contributed by atoms with Gasteiger partial charge in [-0.2, -0.15) is 23.5 Å². The van der Waals surface area contributed by atoms with Gasteiger partial charge in [-0.25, -0.2) is 0 Å². The molecule has 3 nitrogen and oxygen atoms in total. The predicted octanol–water partition coefficient (Wildman–Crippen LogP) is 3.62. The van der Waals surface area contributed by atoms with Crippen LogP contribution in [0.5, 0.6) is 0 Å². The Morgan fingerprint density at radius 1 is 1.33 bits per heavy atom. The maximum Gasteiger partial charge on any atom is 0.435 e. The van der Waals surface area contributed by atoms with Crippen LogP contribution in [0.4, 0.5) is 13.2 Å². The number of benzene rings is 1. The molecule has 0 fully saturated rings. The van der Waals surface area contributed by atoms with Crippen molar-refractivity contribution in [2.75, 3.05) is 0 Å². The smallest absolute Gasteiger partial charge is 0.284 e. The second-order valence-electron chi connectivity index (χ2n) is 3.45. The third-order valence-electron chi connectivity index (χ3n) is 2.31. The van der Waals surface area contributed by atoms with E-state index in [1.165, 1.54) is 18.2 Å². The van der Waals surface area contributed by atoms with Crippen molar-refractivity contribution in [3.63, 3.8) is 0 Å². The highest BCUT2D eigenvalue weighted by Gasteiger charge is 2.36. The Kier molecular flexibility index (Phi) is 3.01. The van der Waals surface area contributed by atoms with Crippen molar-refractivity contribution >= 4 is 11.6 Å². The van der Waals surface area contributed by atoms with E-state index in [0.717, 1.165) is 6.20 Å². The number of halogens is 4. The number of aromatic nitrogens is 2. The Hall–Kier alpha value is -2.00. The van der Waals surface area contributed by atoms with Crippen LogP contribution in [-0.4, -0.2) is 10.2 Å². The normalized spacial score (nSPS) is 11.3. The van der Waals surface area contributed by atoms with Crippen LogP contribution in [0.3, 0.4) is 0 Å². The molecule has 0 saturated heterocycles. The highest BCUT2D eigenvalue weighted by molar-refractivity contribution is 6.32. The van der Waals surface area contributed by atoms with Crippen LogP contribution in [0.1, 0.15) is 11.3 Å². The molecule has 0 radical (unpaired) electrons. The van der Waals surface area contributed by atoms with Gasteiger partial charge in [0.2, 0.25) is 0 Å². The van der Waals surface area contributed by atoms with Crippen LogP contribution in [-0.2, 0) is 6.18 Å². The molecule has 2 rings (SSSR count). The van der Waals surface area contributed by atoms with Crippen molar-refractivity contribution < 1.29 is 13.2 Å². The Morgan fingerprint density at radius 3 is 2.61 bits per heavy atom. The number of rotatable bonds is 1. The van der Waals surface area contributed by atoms with Crippen LogP contribution >= 0.6 is 11.6 Å². The molecule has 0 unspecified atom stereocenters. The van der Waals surface area contributed by atoms with Crippen LogP contribution in [0.25, 0.3) is 11.1 Å². The number of hydrogen-bond acceptors (Lipinski definition) is 2. The molecule has 0 saturated carbocycles. The van der Waals surface area contributed by atoms with Crippen molar-refractivity contribution in [2.24, 2.45) is 0 Å². The molecule has 18 heavy (non-hydrogen) atoms. The topological polar surface area (TPSA) is 52.5 Å². The van der Waals surface area contributed by atoms with Gasteiger partial charge < -0.3 is 0 Å². The lowest BCUT2D eigenvalue weighted by Gasteiger charge is -2.06. The number of hydrogen-bond donors (Lipinski definition) is 1. The Labute approximate surface area is 105 Å². The lowest BCUT2D eigenvalue weighted by Crippen LogP contribution is -2.07. The van der Waals surface area contributed by atoms with Gasteiger partial charge in [-0.1, -0.05) is 17.7 Å². The predicted molar refractivity (Wildman–Crippen MR) is 58.8 cm³/mol. The summed E-state index contributed by atoms with van der Waals surface area (Å²) in [6, 6.07) is 5.90. The zero-order valence-corrected chi connectivity index (χ0v) is 9.47. The number of nitriles is 1. The van der Waals surface area contributed by atoms with Crippen LogP contribution in [0, 0.1) is 11.3 Å². The summed E-state index contributed by atoms with van der Waals surface area (Å²) in [5, 5.41) is 14.1. The van der Waals surface area contributed by atoms with E-state index in [4.69, 9.17) is 16.9 Å². The maximum absolute atomic E-state index is 12.6. The summed E-state index contributed by atoms with van der Waals surface area (Å²) in [4.78, 5) is 0. The van der Waals surface area contributed by atoms with Crippen LogP contribution < -0.4 is 0 Å². The third kappa shape index (κ3) is 2.17. The van der Waals surface area contributed by atoms with Gasteiger partial charge in [0.25, 0.3) is 0 Å². The minimum absolute atomic E-state index is 0.101. The van der Waals surface area contributed by atoms with Gasteiger partial charge >= 0.3 is 6.18 Å². The molecular formula is C11H5ClF3N3. The van der Waals surface area contributed by atoms with Gasteiger partial charge in [-0.05, 0) is 17.7 Å². The Balaban J connectivity index is 2.54. The second kappa shape index (κ2) is 4.35. The molecule has 1 aromatic heterocycles. The lowest BCUT2D eigenvalue weighted by atomic mass is 10.0. The molecule has 2 aromatic rings. The van der Waals surface area contributed by atoms with Crippen LogP contribution in [0.15, 0.2) is 24.4 Å². The van der Waals surface area contributed by atoms with E-state index in [-0.39, 0.29) is 21.7 Å². The second-order valence-corrected chi connectivity index (χ2v) is 3.86. The molecule has 0 aliphatic heterocycles. The Bertz CT molecular complexity index is 625. The highest BCUT2D eigenvalue weighted by atomic mass is 35.5. The van der Waals surface area contributed by atoms with E-state index in [0.29, 0.717) is 0 Å². The highest BCUT2D eigenvalue weighted by Crippen LogP contribution is 2.36. The van der Waals surface area contributed by atoms with E-state index < -0.39 is 11.9 Å². The van der Waals surface area contributed by atoms with Crippen molar-refractivity contribution in [1.29, 1.82) is 5.26 Å². The van der Waals surface area contributed by atoms with Gasteiger partial charge in [-0.15, -0.1) is 0 Å². The molecule has 0 aliphatic carbocycles. The molecule has 1 heterocycles. The molecule has 0 amide bonds. The standard InChI is InChI=1S/C11H5ClF3N3/c12-9-3-6(1-2-7(9)4-16)8-5-17-18-10(8)11(13,14)15/h1-3,5H,(H,17,18). The van der Waals surface area contributed by atoms with E-state index in [9.17, 15) is 13.2 Å². The van der Waals surface area contributed by atoms with E-state index in [1.807, 2.05) is 6.07 Å². The van der Waals surface area contributed by atoms with E-state index >= 15 is 0 Å². The Morgan fingerprint density at radius 2 is 2.06 bits per heavy atom. The number of aromatic amines is 1. The molecule has 1 aromatic carbocycles. The largest absolute Gasteiger partial charge is 0.435 e. The average molecular weight is 272 g/mol. The summed E-state index contributed by atoms with van der Waals surface area (Å²) < 4.78 is 37.9. The molecule has 1 N–H and O–H groups in total. The number of nitrogens with one attached hydrogen (secondary N) is 1. The first-order chi connectivity index (χ1) is 8.43. The quantitative estimate of drug-likeness (QED) is 0.861. The van der Waals surface area contributed by atoms with Crippen molar-refractivity contribution in [1.82, 2.24) is 10.2 Å². The first kappa shape index (κ1) is 12.5. The molecular weight excluding hydrogens is 267 g/mol. The summed E-state index contributed by atoms with van der Waals surface area (Å²) in [6.07, 6.45) is -3.41. The van der Waals surface area contributed by atoms with Gasteiger partial charge in [0.1, 0.15) is 6.07 Å². The fraction of sp³-hybridized carbons (Fsp3) is 0.0909. The number of nitrogens with zero attached hydrogens (tertiary/aromatic N) is 2. The fourth-order valence-corrected chi connectivity index (χ4v) is 1.72. The lowest BCUT2D eigenvalue weighted by molar-refractivity contribution is -0.140. The summed E-state index contributed by atoms with van der Waals surface area (Å²) in [7, 11) is 0. The maximum atomic E-state index is 12.6. The molecule has 0 atom stereocenters. The minimum Gasteiger partial charge on any atom is -0.284 e. The van der Waals surface area contributed by atoms with Crippen molar-refractivity contribution in [3.05, 3.63) is 40.7 Å². The van der Waals surface area contributed by atoms with Gasteiger partial charge in [0.05, 0.1) is 10.6 Å². The van der Waals surface area contributed by atoms with Gasteiger partial charge in [-0.3, -0.25) is 5.10 Å². The summed E-state index contributed by atoms with van der Waals surface area (Å²) in [6.45, 7) is 0. The molecule has 92 valence electrons. The molecule has 0 aliphatic rings. The van der Waals surface area contributed by atoms with Gasteiger partial charge in [0, 0.05) is 11.8 Å². The summed E-state index contributed by atoms with van der Waals surface area (Å²) in [5.41, 5.74) is -0.658. The number of alkyl halides is 3. The van der Waals surface area contributed by atoms with E-state index in [2.05, 4.69) is 10.2 Å². The average Bonchev–Trinajstić information content (AvgIpc) is 2.77. The zero-order chi connectivity index (χ0) is 13.3. The monoisotopic (exact) mass is 271 g/mol. The van der Waals surface area contributed by atoms with Crippen molar-refractivity contribution in [3.8, 4) is 17.2 Å². The first-order valence-corrected chi connectivity index (χ1v) is 5.12. The first-order valence-electron chi connectivity index (χ1n) is 4.74. The molecule has 7 heteroatoms.